The van der Waals surface area contributed by atoms with Gasteiger partial charge in [-0.15, -0.1) is 11.3 Å². The number of thiazole rings is 1. The van der Waals surface area contributed by atoms with E-state index < -0.39 is 0 Å². The molecule has 0 bridgehead atoms. The highest BCUT2D eigenvalue weighted by Gasteiger charge is 2.13. The summed E-state index contributed by atoms with van der Waals surface area (Å²) in [5.74, 6) is -0.237. The maximum Gasteiger partial charge on any atom is 0.124 e. The zero-order chi connectivity index (χ0) is 14.7. The average molecular weight is 298 g/mol. The maximum absolute atomic E-state index is 13.4. The van der Waals surface area contributed by atoms with Crippen LogP contribution in [0.2, 0.25) is 0 Å². The van der Waals surface area contributed by atoms with Crippen molar-refractivity contribution in [3.8, 4) is 21.0 Å². The van der Waals surface area contributed by atoms with Crippen LogP contribution in [0.3, 0.4) is 0 Å². The van der Waals surface area contributed by atoms with Gasteiger partial charge in [-0.05, 0) is 24.7 Å². The largest absolute Gasteiger partial charge is 0.314 e. The molecule has 0 atom stereocenters. The molecule has 3 aromatic rings. The molecule has 21 heavy (non-hydrogen) atoms. The van der Waals surface area contributed by atoms with Gasteiger partial charge in [-0.2, -0.15) is 0 Å². The van der Waals surface area contributed by atoms with E-state index >= 15 is 0 Å². The van der Waals surface area contributed by atoms with Gasteiger partial charge in [0.15, 0.2) is 0 Å². The van der Waals surface area contributed by atoms with Gasteiger partial charge in [0.2, 0.25) is 0 Å². The number of hydrogen-bond donors (Lipinski definition) is 1. The van der Waals surface area contributed by atoms with Crippen LogP contribution in [0, 0.1) is 5.82 Å². The molecule has 2 nitrogen and oxygen atoms in total. The summed E-state index contributed by atoms with van der Waals surface area (Å²) in [6.07, 6.45) is 0. The normalized spacial score (nSPS) is 10.8. The van der Waals surface area contributed by atoms with E-state index in [1.165, 1.54) is 12.1 Å². The van der Waals surface area contributed by atoms with Crippen LogP contribution in [0.4, 0.5) is 4.39 Å². The van der Waals surface area contributed by atoms with Crippen molar-refractivity contribution in [1.82, 2.24) is 10.3 Å². The third-order valence-electron chi connectivity index (χ3n) is 3.15. The summed E-state index contributed by atoms with van der Waals surface area (Å²) in [5, 5.41) is 3.99. The van der Waals surface area contributed by atoms with Crippen LogP contribution in [0.5, 0.6) is 0 Å². The lowest BCUT2D eigenvalue weighted by atomic mass is 10.1. The molecule has 1 aromatic heterocycles. The number of benzene rings is 2. The van der Waals surface area contributed by atoms with Gasteiger partial charge in [0.05, 0.1) is 10.6 Å². The van der Waals surface area contributed by atoms with Crippen molar-refractivity contribution >= 4 is 11.3 Å². The monoisotopic (exact) mass is 298 g/mol. The first-order valence-corrected chi connectivity index (χ1v) is 7.55. The maximum atomic E-state index is 13.4. The Morgan fingerprint density at radius 1 is 1.05 bits per heavy atom. The molecule has 2 aromatic carbocycles. The molecule has 1 heterocycles. The zero-order valence-corrected chi connectivity index (χ0v) is 12.5. The highest BCUT2D eigenvalue weighted by atomic mass is 32.1. The molecule has 0 saturated carbocycles. The van der Waals surface area contributed by atoms with Gasteiger partial charge in [0.1, 0.15) is 10.8 Å². The molecule has 106 valence electrons. The van der Waals surface area contributed by atoms with Gasteiger partial charge in [0.25, 0.3) is 0 Å². The fourth-order valence-corrected chi connectivity index (χ4v) is 3.28. The van der Waals surface area contributed by atoms with Crippen LogP contribution < -0.4 is 5.32 Å². The fraction of sp³-hybridized carbons (Fsp3) is 0.118. The molecule has 0 amide bonds. The van der Waals surface area contributed by atoms with Gasteiger partial charge < -0.3 is 5.32 Å². The molecule has 0 spiro atoms. The molecule has 0 aliphatic heterocycles. The van der Waals surface area contributed by atoms with Crippen molar-refractivity contribution in [2.24, 2.45) is 0 Å². The van der Waals surface area contributed by atoms with E-state index in [2.05, 4.69) is 22.4 Å². The first-order valence-electron chi connectivity index (χ1n) is 6.73. The Morgan fingerprint density at radius 2 is 1.81 bits per heavy atom. The van der Waals surface area contributed by atoms with Crippen LogP contribution in [-0.4, -0.2) is 12.0 Å². The lowest BCUT2D eigenvalue weighted by Gasteiger charge is -2.00. The smallest absolute Gasteiger partial charge is 0.124 e. The summed E-state index contributed by atoms with van der Waals surface area (Å²) in [7, 11) is 1.90. The van der Waals surface area contributed by atoms with Crippen LogP contribution in [0.15, 0.2) is 54.6 Å². The van der Waals surface area contributed by atoms with Crippen molar-refractivity contribution in [3.63, 3.8) is 0 Å². The third kappa shape index (κ3) is 3.01. The minimum atomic E-state index is -0.237. The summed E-state index contributed by atoms with van der Waals surface area (Å²) < 4.78 is 13.4. The van der Waals surface area contributed by atoms with Crippen molar-refractivity contribution in [2.75, 3.05) is 7.05 Å². The number of hydrogen-bond acceptors (Lipinski definition) is 3. The molecular formula is C17H15FN2S. The van der Waals surface area contributed by atoms with E-state index in [9.17, 15) is 4.39 Å². The number of nitrogens with zero attached hydrogens (tertiary/aromatic N) is 1. The Bertz CT molecular complexity index is 738. The third-order valence-corrected chi connectivity index (χ3v) is 4.34. The first-order chi connectivity index (χ1) is 10.3. The highest BCUT2D eigenvalue weighted by Crippen LogP contribution is 2.35. The Balaban J connectivity index is 2.08. The lowest BCUT2D eigenvalue weighted by molar-refractivity contribution is 0.628. The summed E-state index contributed by atoms with van der Waals surface area (Å²) in [5.41, 5.74) is 2.95. The second-order valence-electron chi connectivity index (χ2n) is 4.70. The van der Waals surface area contributed by atoms with Gasteiger partial charge in [-0.1, -0.05) is 42.5 Å². The Hall–Kier alpha value is -2.04. The fourth-order valence-electron chi connectivity index (χ4n) is 2.20. The quantitative estimate of drug-likeness (QED) is 0.775. The predicted molar refractivity (Wildman–Crippen MR) is 85.7 cm³/mol. The standard InChI is InChI=1S/C17H15FN2S/c1-19-11-15-16(12-6-3-2-4-7-12)21-17(20-15)13-8-5-9-14(18)10-13/h2-10,19H,11H2,1H3. The van der Waals surface area contributed by atoms with Gasteiger partial charge in [0, 0.05) is 12.1 Å². The Kier molecular flexibility index (Phi) is 4.08. The number of halogens is 1. The summed E-state index contributed by atoms with van der Waals surface area (Å²) in [4.78, 5) is 5.81. The molecule has 4 heteroatoms. The van der Waals surface area contributed by atoms with Crippen LogP contribution >= 0.6 is 11.3 Å². The van der Waals surface area contributed by atoms with Crippen molar-refractivity contribution in [2.45, 2.75) is 6.54 Å². The minimum absolute atomic E-state index is 0.237. The van der Waals surface area contributed by atoms with E-state index in [1.54, 1.807) is 17.4 Å². The van der Waals surface area contributed by atoms with E-state index in [1.807, 2.05) is 31.3 Å². The predicted octanol–water partition coefficient (Wildman–Crippen LogP) is 4.34. The summed E-state index contributed by atoms with van der Waals surface area (Å²) in [6.45, 7) is 0.691. The molecule has 0 aliphatic carbocycles. The van der Waals surface area contributed by atoms with Crippen molar-refractivity contribution in [3.05, 3.63) is 66.1 Å². The van der Waals surface area contributed by atoms with E-state index in [0.29, 0.717) is 6.54 Å². The minimum Gasteiger partial charge on any atom is -0.314 e. The average Bonchev–Trinajstić information content (AvgIpc) is 2.93. The van der Waals surface area contributed by atoms with Crippen molar-refractivity contribution < 1.29 is 4.39 Å². The molecule has 0 unspecified atom stereocenters. The van der Waals surface area contributed by atoms with E-state index in [0.717, 1.165) is 26.7 Å². The lowest BCUT2D eigenvalue weighted by Crippen LogP contribution is -2.06. The van der Waals surface area contributed by atoms with Crippen LogP contribution in [-0.2, 0) is 6.54 Å². The van der Waals surface area contributed by atoms with Crippen LogP contribution in [0.1, 0.15) is 5.69 Å². The number of nitrogens with one attached hydrogen (secondary N) is 1. The number of rotatable bonds is 4. The molecule has 0 radical (unpaired) electrons. The second kappa shape index (κ2) is 6.16. The Morgan fingerprint density at radius 3 is 2.52 bits per heavy atom. The molecule has 0 aliphatic rings. The van der Waals surface area contributed by atoms with Gasteiger partial charge in [-0.25, -0.2) is 9.37 Å². The summed E-state index contributed by atoms with van der Waals surface area (Å²) >= 11 is 1.60. The molecule has 1 N–H and O–H groups in total. The van der Waals surface area contributed by atoms with Crippen LogP contribution in [0.25, 0.3) is 21.0 Å². The summed E-state index contributed by atoms with van der Waals surface area (Å²) in [6, 6.07) is 16.7. The molecular weight excluding hydrogens is 283 g/mol. The topological polar surface area (TPSA) is 24.9 Å². The highest BCUT2D eigenvalue weighted by molar-refractivity contribution is 7.18. The van der Waals surface area contributed by atoms with Gasteiger partial charge in [-0.3, -0.25) is 0 Å². The molecule has 3 rings (SSSR count). The zero-order valence-electron chi connectivity index (χ0n) is 11.6. The van der Waals surface area contributed by atoms with Gasteiger partial charge >= 0.3 is 0 Å². The van der Waals surface area contributed by atoms with Crippen molar-refractivity contribution in [1.29, 1.82) is 0 Å². The van der Waals surface area contributed by atoms with E-state index in [-0.39, 0.29) is 5.82 Å². The molecule has 0 fully saturated rings. The SMILES string of the molecule is CNCc1nc(-c2cccc(F)c2)sc1-c1ccccc1. The second-order valence-corrected chi connectivity index (χ2v) is 5.70. The Labute approximate surface area is 127 Å². The molecule has 0 saturated heterocycles. The number of aromatic nitrogens is 1. The van der Waals surface area contributed by atoms with E-state index in [4.69, 9.17) is 0 Å². The first kappa shape index (κ1) is 13.9.